The fraction of sp³-hybridized carbons (Fsp3) is 0.647. The number of aromatic hydroxyl groups is 2. The number of rotatable bonds is 5. The van der Waals surface area contributed by atoms with Crippen molar-refractivity contribution in [2.24, 2.45) is 5.92 Å². The molecule has 1 heterocycles. The summed E-state index contributed by atoms with van der Waals surface area (Å²) in [6.07, 6.45) is -0.715. The summed E-state index contributed by atoms with van der Waals surface area (Å²) in [5, 5.41) is 24.6. The molecule has 1 aromatic heterocycles. The second kappa shape index (κ2) is 7.25. The van der Waals surface area contributed by atoms with Crippen LogP contribution in [0.5, 0.6) is 11.8 Å². The first-order valence-electron chi connectivity index (χ1n) is 8.12. The van der Waals surface area contributed by atoms with E-state index in [0.717, 1.165) is 4.68 Å². The fourth-order valence-corrected chi connectivity index (χ4v) is 2.44. The minimum Gasteiger partial charge on any atom is -0.493 e. The summed E-state index contributed by atoms with van der Waals surface area (Å²) in [4.78, 5) is 25.0. The molecular weight excluding hydrogens is 326 g/mol. The summed E-state index contributed by atoms with van der Waals surface area (Å²) in [5.74, 6) is -1.34. The number of carbonyl (C=O) groups is 2. The molecule has 0 aliphatic rings. The van der Waals surface area contributed by atoms with Crippen LogP contribution in [0.2, 0.25) is 0 Å². The Morgan fingerprint density at radius 2 is 1.68 bits per heavy atom. The first-order chi connectivity index (χ1) is 11.3. The van der Waals surface area contributed by atoms with Gasteiger partial charge in [-0.15, -0.1) is 0 Å². The Morgan fingerprint density at radius 1 is 1.16 bits per heavy atom. The predicted molar refractivity (Wildman–Crippen MR) is 94.9 cm³/mol. The van der Waals surface area contributed by atoms with Crippen LogP contribution in [0.1, 0.15) is 50.5 Å². The van der Waals surface area contributed by atoms with E-state index < -0.39 is 23.5 Å². The maximum Gasteiger partial charge on any atom is 0.408 e. The molecule has 1 amide bonds. The number of nitrogens with zero attached hydrogens (tertiary/aromatic N) is 2. The molecule has 0 aliphatic carbocycles. The molecule has 8 heteroatoms. The van der Waals surface area contributed by atoms with E-state index in [1.165, 1.54) is 11.9 Å². The van der Waals surface area contributed by atoms with Crippen molar-refractivity contribution < 1.29 is 24.5 Å². The third kappa shape index (κ3) is 4.58. The van der Waals surface area contributed by atoms with E-state index in [2.05, 4.69) is 5.32 Å². The topological polar surface area (TPSA) is 104 Å². The number of hydrogen-bond donors (Lipinski definition) is 3. The molecule has 0 aliphatic heterocycles. The van der Waals surface area contributed by atoms with E-state index in [1.807, 2.05) is 0 Å². The molecule has 25 heavy (non-hydrogen) atoms. The molecule has 1 aromatic rings. The van der Waals surface area contributed by atoms with Gasteiger partial charge >= 0.3 is 6.09 Å². The van der Waals surface area contributed by atoms with Crippen LogP contribution in [0, 0.1) is 12.8 Å². The average molecular weight is 355 g/mol. The van der Waals surface area contributed by atoms with Crippen molar-refractivity contribution in [3.8, 4) is 11.8 Å². The molecule has 0 saturated carbocycles. The van der Waals surface area contributed by atoms with Crippen LogP contribution < -0.4 is 10.3 Å². The Balaban J connectivity index is 3.21. The van der Waals surface area contributed by atoms with Gasteiger partial charge in [-0.3, -0.25) is 4.79 Å². The Hall–Kier alpha value is -2.38. The lowest BCUT2D eigenvalue weighted by molar-refractivity contribution is 0.0475. The van der Waals surface area contributed by atoms with Gasteiger partial charge in [0.15, 0.2) is 5.78 Å². The highest BCUT2D eigenvalue weighted by Gasteiger charge is 2.34. The van der Waals surface area contributed by atoms with Crippen molar-refractivity contribution in [3.05, 3.63) is 11.1 Å². The molecule has 1 atom stereocenters. The quantitative estimate of drug-likeness (QED) is 0.699. The Bertz CT molecular complexity index is 656. The van der Waals surface area contributed by atoms with Gasteiger partial charge in [-0.05, 0) is 33.6 Å². The predicted octanol–water partition coefficient (Wildman–Crippen LogP) is 2.14. The number of ether oxygens (including phenoxy) is 1. The highest BCUT2D eigenvalue weighted by atomic mass is 16.6. The van der Waals surface area contributed by atoms with E-state index in [1.54, 1.807) is 48.7 Å². The van der Waals surface area contributed by atoms with Crippen molar-refractivity contribution in [2.75, 3.05) is 19.1 Å². The molecular formula is C17H29N3O5. The van der Waals surface area contributed by atoms with Gasteiger partial charge in [0.2, 0.25) is 11.8 Å². The van der Waals surface area contributed by atoms with Crippen molar-refractivity contribution in [3.63, 3.8) is 0 Å². The van der Waals surface area contributed by atoms with Crippen molar-refractivity contribution in [1.82, 2.24) is 9.99 Å². The van der Waals surface area contributed by atoms with E-state index in [9.17, 15) is 19.8 Å². The lowest BCUT2D eigenvalue weighted by atomic mass is 9.94. The lowest BCUT2D eigenvalue weighted by Gasteiger charge is -2.25. The summed E-state index contributed by atoms with van der Waals surface area (Å²) < 4.78 is 6.32. The Morgan fingerprint density at radius 3 is 2.04 bits per heavy atom. The van der Waals surface area contributed by atoms with E-state index in [4.69, 9.17) is 4.74 Å². The number of carbonyl (C=O) groups excluding carboxylic acids is 2. The van der Waals surface area contributed by atoms with Gasteiger partial charge in [0.05, 0.1) is 11.6 Å². The van der Waals surface area contributed by atoms with Crippen LogP contribution in [0.3, 0.4) is 0 Å². The van der Waals surface area contributed by atoms with Crippen LogP contribution in [0.25, 0.3) is 0 Å². The number of amides is 1. The van der Waals surface area contributed by atoms with Crippen molar-refractivity contribution >= 4 is 11.9 Å². The van der Waals surface area contributed by atoms with Gasteiger partial charge in [0, 0.05) is 19.7 Å². The van der Waals surface area contributed by atoms with Crippen LogP contribution in [-0.4, -0.2) is 52.5 Å². The van der Waals surface area contributed by atoms with Crippen LogP contribution in [0.4, 0.5) is 4.79 Å². The fourth-order valence-electron chi connectivity index (χ4n) is 2.44. The number of aromatic nitrogens is 1. The molecule has 142 valence electrons. The first-order valence-corrected chi connectivity index (χ1v) is 8.12. The lowest BCUT2D eigenvalue weighted by Crippen LogP contribution is -2.46. The number of alkyl carbamates (subject to hydrolysis) is 1. The molecule has 1 rings (SSSR count). The number of Topliss-reactive ketones (excluding diaryl/α,β-unsaturated/α-hetero) is 1. The molecule has 0 bridgehead atoms. The largest absolute Gasteiger partial charge is 0.493 e. The van der Waals surface area contributed by atoms with Crippen molar-refractivity contribution in [2.45, 2.75) is 53.2 Å². The van der Waals surface area contributed by atoms with Gasteiger partial charge < -0.3 is 25.3 Å². The van der Waals surface area contributed by atoms with Crippen LogP contribution >= 0.6 is 0 Å². The molecule has 0 aromatic carbocycles. The van der Waals surface area contributed by atoms with Gasteiger partial charge in [0.1, 0.15) is 5.60 Å². The highest BCUT2D eigenvalue weighted by Crippen LogP contribution is 2.34. The Labute approximate surface area is 148 Å². The average Bonchev–Trinajstić information content (AvgIpc) is 2.63. The summed E-state index contributed by atoms with van der Waals surface area (Å²) in [5.41, 5.74) is -0.479. The second-order valence-electron chi connectivity index (χ2n) is 7.54. The normalized spacial score (nSPS) is 12.8. The van der Waals surface area contributed by atoms with E-state index in [-0.39, 0.29) is 28.8 Å². The smallest absolute Gasteiger partial charge is 0.408 e. The van der Waals surface area contributed by atoms with Crippen molar-refractivity contribution in [1.29, 1.82) is 0 Å². The number of hydrogen-bond acceptors (Lipinski definition) is 6. The highest BCUT2D eigenvalue weighted by molar-refractivity contribution is 6.05. The zero-order chi connectivity index (χ0) is 19.7. The summed E-state index contributed by atoms with van der Waals surface area (Å²) in [7, 11) is 3.23. The number of ketones is 1. The minimum absolute atomic E-state index is 0.0269. The van der Waals surface area contributed by atoms with E-state index >= 15 is 0 Å². The van der Waals surface area contributed by atoms with Gasteiger partial charge in [-0.2, -0.15) is 4.68 Å². The first kappa shape index (κ1) is 20.7. The molecule has 0 spiro atoms. The minimum atomic E-state index is -0.906. The third-order valence-corrected chi connectivity index (χ3v) is 3.60. The van der Waals surface area contributed by atoms with Gasteiger partial charge in [0.25, 0.3) is 0 Å². The standard InChI is InChI=1S/C17H29N3O5/c1-9(2)12(18-16(24)25-17(4,5)6)13(21)11-10(3)14(22)20(15(11)23)19(7)8/h9,12,22-23H,1-8H3,(H,18,24)/t12-/m0/s1. The molecule has 3 N–H and O–H groups in total. The molecule has 8 nitrogen and oxygen atoms in total. The maximum atomic E-state index is 12.9. The monoisotopic (exact) mass is 355 g/mol. The summed E-state index contributed by atoms with van der Waals surface area (Å²) >= 11 is 0. The molecule has 0 fully saturated rings. The number of nitrogens with one attached hydrogen (secondary N) is 1. The second-order valence-corrected chi connectivity index (χ2v) is 7.54. The third-order valence-electron chi connectivity index (χ3n) is 3.60. The maximum absolute atomic E-state index is 12.9. The summed E-state index contributed by atoms with van der Waals surface area (Å²) in [6, 6.07) is -0.906. The van der Waals surface area contributed by atoms with E-state index in [0.29, 0.717) is 0 Å². The molecule has 0 saturated heterocycles. The molecule has 0 radical (unpaired) electrons. The van der Waals surface area contributed by atoms with Crippen LogP contribution in [0.15, 0.2) is 0 Å². The van der Waals surface area contributed by atoms with Gasteiger partial charge in [-0.1, -0.05) is 13.8 Å². The molecule has 0 unspecified atom stereocenters. The van der Waals surface area contributed by atoms with Gasteiger partial charge in [-0.25, -0.2) is 4.79 Å². The Kier molecular flexibility index (Phi) is 5.99. The zero-order valence-corrected chi connectivity index (χ0v) is 16.2. The SMILES string of the molecule is Cc1c(C(=O)[C@@H](NC(=O)OC(C)(C)C)C(C)C)c(O)n(N(C)C)c1O. The zero-order valence-electron chi connectivity index (χ0n) is 16.2. The summed E-state index contributed by atoms with van der Waals surface area (Å²) in [6.45, 7) is 10.3. The van der Waals surface area contributed by atoms with Crippen LogP contribution in [-0.2, 0) is 4.74 Å².